The van der Waals surface area contributed by atoms with E-state index < -0.39 is 7.92 Å². The molecule has 0 N–H and O–H groups in total. The largest absolute Gasteiger partial charge is 0.0622 e. The maximum Gasteiger partial charge on any atom is 0 e. The first-order valence-corrected chi connectivity index (χ1v) is 15.8. The molecule has 0 unspecified atom stereocenters. The van der Waals surface area contributed by atoms with Gasteiger partial charge in [-0.1, -0.05) is 165 Å². The first-order valence-electron chi connectivity index (χ1n) is 12.9. The first-order chi connectivity index (χ1) is 18.9. The number of hydrogen-bond acceptors (Lipinski definition) is 0. The normalized spacial score (nSPS) is 9.87. The minimum absolute atomic E-state index is 0. The minimum Gasteiger partial charge on any atom is -0.0622 e. The van der Waals surface area contributed by atoms with Gasteiger partial charge in [0.25, 0.3) is 0 Å². The molecule has 0 atom stereocenters. The fraction of sp³-hybridized carbons (Fsp3) is 0.114. The molecule has 0 saturated carbocycles. The van der Waals surface area contributed by atoms with Crippen molar-refractivity contribution >= 4 is 42.4 Å². The summed E-state index contributed by atoms with van der Waals surface area (Å²) in [6.07, 6.45) is 3.90. The van der Waals surface area contributed by atoms with E-state index in [0.29, 0.717) is 0 Å². The van der Waals surface area contributed by atoms with E-state index >= 15 is 0 Å². The summed E-state index contributed by atoms with van der Waals surface area (Å²) in [5, 5.41) is 7.20. The van der Waals surface area contributed by atoms with Crippen LogP contribution in [-0.4, -0.2) is 6.16 Å². The summed E-state index contributed by atoms with van der Waals surface area (Å²) in [5.74, 6) is 0. The van der Waals surface area contributed by atoms with Crippen LogP contribution in [0.5, 0.6) is 0 Å². The molecule has 0 spiro atoms. The summed E-state index contributed by atoms with van der Waals surface area (Å²) in [4.78, 5) is 0. The van der Waals surface area contributed by atoms with E-state index in [2.05, 4.69) is 165 Å². The summed E-state index contributed by atoms with van der Waals surface area (Å²) in [6, 6.07) is 54.2. The Balaban J connectivity index is 0.000000253. The number of hydrogen-bond donors (Lipinski definition) is 0. The van der Waals surface area contributed by atoms with Crippen molar-refractivity contribution in [1.82, 2.24) is 0 Å². The van der Waals surface area contributed by atoms with Crippen LogP contribution in [0.3, 0.4) is 0 Å². The van der Waals surface area contributed by atoms with Gasteiger partial charge in [0.05, 0.1) is 0 Å². The first kappa shape index (κ1) is 32.5. The molecule has 0 aliphatic heterocycles. The zero-order chi connectivity index (χ0) is 26.8. The van der Waals surface area contributed by atoms with E-state index in [4.69, 9.17) is 4.65 Å². The van der Waals surface area contributed by atoms with Crippen LogP contribution in [0.15, 0.2) is 152 Å². The van der Waals surface area contributed by atoms with Crippen molar-refractivity contribution in [2.45, 2.75) is 19.8 Å². The minimum atomic E-state index is -0.446. The van der Waals surface area contributed by atoms with Crippen molar-refractivity contribution in [2.75, 3.05) is 6.16 Å². The number of unbranched alkanes of at least 4 members (excludes halogenated alkanes) is 1. The van der Waals surface area contributed by atoms with Crippen LogP contribution in [-0.2, 0) is 24.1 Å². The quantitative estimate of drug-likeness (QED) is 0.0738. The molecule has 5 rings (SSSR count). The Bertz CT molecular complexity index is 1170. The second-order valence-electron chi connectivity index (χ2n) is 8.52. The third-order valence-corrected chi connectivity index (χ3v) is 11.0. The Labute approximate surface area is 249 Å². The van der Waals surface area contributed by atoms with Crippen molar-refractivity contribution in [3.05, 3.63) is 158 Å². The van der Waals surface area contributed by atoms with Crippen molar-refractivity contribution in [3.63, 3.8) is 0 Å². The Morgan fingerprint density at radius 3 is 0.974 bits per heavy atom. The van der Waals surface area contributed by atoms with Crippen molar-refractivity contribution in [1.29, 1.82) is 0 Å². The molecular formula is C35H34OP2Rh. The van der Waals surface area contributed by atoms with Gasteiger partial charge in [0.1, 0.15) is 0 Å². The van der Waals surface area contributed by atoms with Crippen LogP contribution in [0, 0.1) is 6.65 Å². The predicted octanol–water partition coefficient (Wildman–Crippen LogP) is 7.32. The molecule has 0 aromatic heterocycles. The SMILES string of the molecule is CCCCP(c1ccccc1)c1ccccc1.[C-]#[O+].[Rh].c1ccc(P(c2ccccc2)c2ccccc2)cc1. The van der Waals surface area contributed by atoms with E-state index in [1.54, 1.807) is 0 Å². The van der Waals surface area contributed by atoms with Gasteiger partial charge in [-0.2, -0.15) is 0 Å². The molecule has 0 aliphatic rings. The topological polar surface area (TPSA) is 19.9 Å². The van der Waals surface area contributed by atoms with E-state index in [9.17, 15) is 0 Å². The van der Waals surface area contributed by atoms with Gasteiger partial charge in [-0.15, -0.1) is 0 Å². The van der Waals surface area contributed by atoms with Crippen LogP contribution in [0.2, 0.25) is 0 Å². The van der Waals surface area contributed by atoms with Gasteiger partial charge >= 0.3 is 11.3 Å². The third-order valence-electron chi connectivity index (χ3n) is 5.91. The molecule has 5 aromatic rings. The molecule has 0 saturated heterocycles. The van der Waals surface area contributed by atoms with Crippen LogP contribution >= 0.6 is 15.8 Å². The second-order valence-corrected chi connectivity index (χ2v) is 13.1. The van der Waals surface area contributed by atoms with E-state index in [1.165, 1.54) is 45.5 Å². The van der Waals surface area contributed by atoms with Crippen molar-refractivity contribution in [2.24, 2.45) is 0 Å². The zero-order valence-corrected chi connectivity index (χ0v) is 25.6. The molecular weight excluding hydrogens is 601 g/mol. The van der Waals surface area contributed by atoms with Gasteiger partial charge in [0.15, 0.2) is 0 Å². The summed E-state index contributed by atoms with van der Waals surface area (Å²) < 4.78 is 7.50. The Morgan fingerprint density at radius 1 is 0.462 bits per heavy atom. The maximum absolute atomic E-state index is 7.50. The second kappa shape index (κ2) is 19.4. The Hall–Kier alpha value is -2.68. The molecule has 1 radical (unpaired) electrons. The fourth-order valence-corrected chi connectivity index (χ4v) is 8.93. The van der Waals surface area contributed by atoms with Gasteiger partial charge in [-0.3, -0.25) is 0 Å². The molecule has 39 heavy (non-hydrogen) atoms. The van der Waals surface area contributed by atoms with E-state index in [0.717, 1.165) is 0 Å². The molecule has 199 valence electrons. The molecule has 4 heteroatoms. The molecule has 1 nitrogen and oxygen atoms in total. The number of benzene rings is 5. The molecule has 0 fully saturated rings. The monoisotopic (exact) mass is 635 g/mol. The average molecular weight is 636 g/mol. The van der Waals surface area contributed by atoms with Gasteiger partial charge in [0.2, 0.25) is 0 Å². The molecule has 5 aromatic carbocycles. The third kappa shape index (κ3) is 10.4. The van der Waals surface area contributed by atoms with Crippen molar-refractivity contribution in [3.8, 4) is 0 Å². The van der Waals surface area contributed by atoms with Crippen LogP contribution < -0.4 is 26.5 Å². The molecule has 0 heterocycles. The van der Waals surface area contributed by atoms with Crippen molar-refractivity contribution < 1.29 is 24.1 Å². The summed E-state index contributed by atoms with van der Waals surface area (Å²) in [6.45, 7) is 6.77. The van der Waals surface area contributed by atoms with E-state index in [1.807, 2.05) is 0 Å². The molecule has 0 aliphatic carbocycles. The smallest absolute Gasteiger partial charge is 0 e. The van der Waals surface area contributed by atoms with Gasteiger partial charge in [-0.25, -0.2) is 0 Å². The standard InChI is InChI=1S/C18H15P.C16H19P.CO.Rh/c1-4-10-16(11-5-1)19(17-12-6-2-7-13-17)18-14-8-3-9-15-18;1-2-3-14-17(15-10-6-4-7-11-15)16-12-8-5-9-13-16;1-2;/h1-15H;4-13H,2-3,14H2,1H3;;. The van der Waals surface area contributed by atoms with Gasteiger partial charge in [-0.05, 0) is 54.9 Å². The van der Waals surface area contributed by atoms with Crippen LogP contribution in [0.4, 0.5) is 0 Å². The van der Waals surface area contributed by atoms with Gasteiger partial charge in [0, 0.05) is 19.5 Å². The zero-order valence-electron chi connectivity index (χ0n) is 22.2. The fourth-order valence-electron chi connectivity index (χ4n) is 4.12. The van der Waals surface area contributed by atoms with E-state index in [-0.39, 0.29) is 27.4 Å². The summed E-state index contributed by atoms with van der Waals surface area (Å²) in [7, 11) is -0.603. The molecule has 0 amide bonds. The average Bonchev–Trinajstić information content (AvgIpc) is 3.02. The number of rotatable bonds is 8. The van der Waals surface area contributed by atoms with Crippen LogP contribution in [0.25, 0.3) is 0 Å². The summed E-state index contributed by atoms with van der Waals surface area (Å²) >= 11 is 0. The van der Waals surface area contributed by atoms with Gasteiger partial charge < -0.3 is 0 Å². The summed E-state index contributed by atoms with van der Waals surface area (Å²) in [5.41, 5.74) is 0. The Kier molecular flexibility index (Phi) is 16.2. The van der Waals surface area contributed by atoms with Crippen LogP contribution in [0.1, 0.15) is 19.8 Å². The predicted molar refractivity (Wildman–Crippen MR) is 168 cm³/mol. The maximum atomic E-state index is 7.50. The Morgan fingerprint density at radius 2 is 0.718 bits per heavy atom. The molecule has 0 bridgehead atoms.